The molecular weight excluding hydrogens is 387 g/mol. The maximum absolute atomic E-state index is 6.21. The van der Waals surface area contributed by atoms with Crippen LogP contribution in [0.1, 0.15) is 12.5 Å². The van der Waals surface area contributed by atoms with Crippen molar-refractivity contribution >= 4 is 50.5 Å². The van der Waals surface area contributed by atoms with Crippen molar-refractivity contribution in [2.24, 2.45) is 0 Å². The summed E-state index contributed by atoms with van der Waals surface area (Å²) in [6, 6.07) is 12.6. The van der Waals surface area contributed by atoms with Crippen LogP contribution < -0.4 is 4.90 Å². The summed E-state index contributed by atoms with van der Waals surface area (Å²) in [6.45, 7) is 4.39. The molecule has 1 aliphatic rings. The van der Waals surface area contributed by atoms with Gasteiger partial charge in [-0.2, -0.15) is 0 Å². The molecule has 2 heterocycles. The Morgan fingerprint density at radius 3 is 2.64 bits per heavy atom. The molecule has 4 heteroatoms. The molecule has 0 N–H and O–H groups in total. The van der Waals surface area contributed by atoms with Crippen molar-refractivity contribution in [1.29, 1.82) is 0 Å². The summed E-state index contributed by atoms with van der Waals surface area (Å²) in [5.74, 6) is 0. The van der Waals surface area contributed by atoms with Crippen molar-refractivity contribution in [2.45, 2.75) is 20.0 Å². The number of fused-ring (bicyclic) bond motifs is 3. The molecule has 112 valence electrons. The number of hydrogen-bond donors (Lipinski definition) is 0. The van der Waals surface area contributed by atoms with Gasteiger partial charge in [-0.25, -0.2) is 2.70 Å². The van der Waals surface area contributed by atoms with Crippen molar-refractivity contribution < 1.29 is 7.11 Å². The van der Waals surface area contributed by atoms with E-state index in [1.54, 1.807) is 0 Å². The van der Waals surface area contributed by atoms with Gasteiger partial charge in [-0.15, -0.1) is 0 Å². The lowest BCUT2D eigenvalue weighted by molar-refractivity contribution is -0.692. The van der Waals surface area contributed by atoms with Gasteiger partial charge in [0.25, 0.3) is 22.9 Å². The van der Waals surface area contributed by atoms with Crippen LogP contribution in [0.5, 0.6) is 0 Å². The summed E-state index contributed by atoms with van der Waals surface area (Å²) >= 11 is 2.46. The first-order chi connectivity index (χ1) is 10.5. The van der Waals surface area contributed by atoms with Gasteiger partial charge in [-0.05, 0) is 18.6 Å². The Bertz CT molecular complexity index is 910. The fourth-order valence-electron chi connectivity index (χ4n) is 3.15. The van der Waals surface area contributed by atoms with E-state index in [0.29, 0.717) is 6.17 Å². The fraction of sp³-hybridized carbons (Fsp3) is 0.222. The highest BCUT2D eigenvalue weighted by Gasteiger charge is 2.37. The van der Waals surface area contributed by atoms with Gasteiger partial charge < -0.3 is 4.42 Å². The summed E-state index contributed by atoms with van der Waals surface area (Å²) in [5, 5.41) is 2.37. The van der Waals surface area contributed by atoms with Crippen LogP contribution in [0.4, 0.5) is 5.69 Å². The van der Waals surface area contributed by atoms with Gasteiger partial charge in [0.2, 0.25) is 0 Å². The molecule has 0 aliphatic carbocycles. The van der Waals surface area contributed by atoms with E-state index in [0.717, 1.165) is 13.9 Å². The predicted molar refractivity (Wildman–Crippen MR) is 99.7 cm³/mol. The smallest absolute Gasteiger partial charge is 0.255 e. The molecule has 4 rings (SSSR count). The van der Waals surface area contributed by atoms with Crippen LogP contribution in [0.15, 0.2) is 53.2 Å². The zero-order valence-corrected chi connectivity index (χ0v) is 15.0. The van der Waals surface area contributed by atoms with E-state index >= 15 is 0 Å². The first kappa shape index (κ1) is 14.1. The number of rotatable bonds is 1. The number of benzene rings is 2. The standard InChI is InChI=1S/C18H18IN2O/c1-12-8-9-15-14-6-4-5-7-16(14)22-18(15)17(12)20-10-11-21(3,19)13(20)2/h4-11,13H,1-3H3/q+1/t13-,21?/m1/s1. The normalized spacial score (nSPS) is 24.7. The van der Waals surface area contributed by atoms with Crippen LogP contribution in [0.25, 0.3) is 21.9 Å². The molecule has 1 aliphatic heterocycles. The first-order valence-electron chi connectivity index (χ1n) is 7.43. The quantitative estimate of drug-likeness (QED) is 0.402. The molecule has 0 saturated carbocycles. The first-order valence-corrected chi connectivity index (χ1v) is 8.39. The molecule has 0 spiro atoms. The van der Waals surface area contributed by atoms with E-state index in [9.17, 15) is 0 Å². The van der Waals surface area contributed by atoms with Crippen LogP contribution in [0.2, 0.25) is 0 Å². The molecule has 3 nitrogen and oxygen atoms in total. The molecule has 2 aromatic carbocycles. The molecule has 0 amide bonds. The predicted octanol–water partition coefficient (Wildman–Crippen LogP) is 5.33. The summed E-state index contributed by atoms with van der Waals surface area (Å²) in [6.07, 6.45) is 4.72. The molecule has 3 aromatic rings. The second-order valence-corrected chi connectivity index (χ2v) is 8.15. The third kappa shape index (κ3) is 1.90. The number of nitrogens with zero attached hydrogens (tertiary/aromatic N) is 2. The Kier molecular flexibility index (Phi) is 3.03. The largest absolute Gasteiger partial charge is 0.454 e. The molecule has 0 fully saturated rings. The molecule has 22 heavy (non-hydrogen) atoms. The number of furan rings is 1. The van der Waals surface area contributed by atoms with Gasteiger partial charge in [-0.1, -0.05) is 30.3 Å². The monoisotopic (exact) mass is 405 g/mol. The van der Waals surface area contributed by atoms with Gasteiger partial charge in [0.05, 0.1) is 18.9 Å². The Balaban J connectivity index is 2.01. The van der Waals surface area contributed by atoms with E-state index < -0.39 is 0 Å². The molecular formula is C18H18IN2O+. The summed E-state index contributed by atoms with van der Waals surface area (Å²) in [4.78, 5) is 2.33. The van der Waals surface area contributed by atoms with Gasteiger partial charge in [0.15, 0.2) is 11.7 Å². The van der Waals surface area contributed by atoms with Crippen molar-refractivity contribution in [3.05, 3.63) is 54.4 Å². The van der Waals surface area contributed by atoms with Gasteiger partial charge in [0, 0.05) is 17.7 Å². The van der Waals surface area contributed by atoms with E-state index in [1.807, 2.05) is 12.1 Å². The lowest BCUT2D eigenvalue weighted by Gasteiger charge is -2.30. The topological polar surface area (TPSA) is 16.4 Å². The lowest BCUT2D eigenvalue weighted by atomic mass is 10.1. The Morgan fingerprint density at radius 2 is 1.91 bits per heavy atom. The zero-order chi connectivity index (χ0) is 15.5. The molecule has 0 saturated heterocycles. The highest BCUT2D eigenvalue weighted by Crippen LogP contribution is 2.41. The summed E-state index contributed by atoms with van der Waals surface area (Å²) in [5.41, 5.74) is 4.35. The van der Waals surface area contributed by atoms with Crippen LogP contribution in [-0.4, -0.2) is 15.9 Å². The van der Waals surface area contributed by atoms with E-state index in [1.165, 1.54) is 22.0 Å². The third-order valence-corrected chi connectivity index (χ3v) is 5.76. The summed E-state index contributed by atoms with van der Waals surface area (Å²) in [7, 11) is 2.20. The Hall–Kier alpha value is -1.53. The van der Waals surface area contributed by atoms with Gasteiger partial charge in [0.1, 0.15) is 11.8 Å². The fourth-order valence-corrected chi connectivity index (χ4v) is 3.56. The number of anilines is 1. The molecule has 2 atom stereocenters. The Labute approximate surface area is 143 Å². The van der Waals surface area contributed by atoms with E-state index in [2.05, 4.69) is 85.3 Å². The second kappa shape index (κ2) is 4.73. The molecule has 1 aromatic heterocycles. The Morgan fingerprint density at radius 1 is 1.14 bits per heavy atom. The lowest BCUT2D eigenvalue weighted by Crippen LogP contribution is -2.41. The maximum Gasteiger partial charge on any atom is 0.255 e. The van der Waals surface area contributed by atoms with Crippen LogP contribution >= 0.6 is 22.9 Å². The minimum absolute atomic E-state index is 0.332. The minimum Gasteiger partial charge on any atom is -0.454 e. The number of quaternary nitrogens is 1. The third-order valence-electron chi connectivity index (χ3n) is 4.63. The molecule has 0 radical (unpaired) electrons. The van der Waals surface area contributed by atoms with E-state index in [4.69, 9.17) is 4.42 Å². The highest BCUT2D eigenvalue weighted by atomic mass is 127. The van der Waals surface area contributed by atoms with E-state index in [-0.39, 0.29) is 0 Å². The SMILES string of the molecule is Cc1ccc2c(oc3ccccc32)c1N1C=C[N+](C)(I)[C@@H]1C. The van der Waals surface area contributed by atoms with Gasteiger partial charge in [-0.3, -0.25) is 4.90 Å². The number of aryl methyl sites for hydroxylation is 1. The highest BCUT2D eigenvalue weighted by molar-refractivity contribution is 14.1. The molecule has 1 unspecified atom stereocenters. The maximum atomic E-state index is 6.21. The van der Waals surface area contributed by atoms with Crippen molar-refractivity contribution in [3.63, 3.8) is 0 Å². The average Bonchev–Trinajstić information content (AvgIpc) is 2.98. The summed E-state index contributed by atoms with van der Waals surface area (Å²) < 4.78 is 7.02. The van der Waals surface area contributed by atoms with Crippen molar-refractivity contribution in [3.8, 4) is 0 Å². The minimum atomic E-state index is 0.332. The van der Waals surface area contributed by atoms with Gasteiger partial charge >= 0.3 is 0 Å². The van der Waals surface area contributed by atoms with Crippen molar-refractivity contribution in [2.75, 3.05) is 11.9 Å². The molecule has 0 bridgehead atoms. The van der Waals surface area contributed by atoms with Crippen LogP contribution in [0.3, 0.4) is 0 Å². The zero-order valence-electron chi connectivity index (χ0n) is 12.9. The number of halogens is 1. The number of hydrogen-bond acceptors (Lipinski definition) is 2. The van der Waals surface area contributed by atoms with Crippen molar-refractivity contribution in [1.82, 2.24) is 0 Å². The van der Waals surface area contributed by atoms with Crippen LogP contribution in [0, 0.1) is 6.92 Å². The second-order valence-electron chi connectivity index (χ2n) is 6.07. The van der Waals surface area contributed by atoms with Crippen LogP contribution in [-0.2, 0) is 0 Å². The average molecular weight is 405 g/mol. The number of para-hydroxylation sites is 1.